The number of fused-ring (bicyclic) bond motifs is 1. The van der Waals surface area contributed by atoms with Gasteiger partial charge in [0.2, 0.25) is 23.2 Å². The molecule has 9 N–H and O–H groups in total. The number of aromatic nitrogens is 1. The van der Waals surface area contributed by atoms with Crippen molar-refractivity contribution in [3.8, 4) is 0 Å². The summed E-state index contributed by atoms with van der Waals surface area (Å²) >= 11 is 0. The quantitative estimate of drug-likeness (QED) is 0.212. The fraction of sp³-hybridized carbons (Fsp3) is 0.333. The normalized spacial score (nSPS) is 12.5. The van der Waals surface area contributed by atoms with Gasteiger partial charge in [0.1, 0.15) is 11.7 Å². The van der Waals surface area contributed by atoms with Crippen molar-refractivity contribution in [2.24, 2.45) is 17.2 Å². The van der Waals surface area contributed by atoms with E-state index in [0.717, 1.165) is 16.5 Å². The highest BCUT2D eigenvalue weighted by Gasteiger charge is 2.25. The second kappa shape index (κ2) is 14.0. The number of anilines is 1. The number of hydrogen-bond donors (Lipinski definition) is 5. The molecule has 0 aliphatic heterocycles. The Bertz CT molecular complexity index is 1190. The van der Waals surface area contributed by atoms with Crippen molar-refractivity contribution in [2.45, 2.75) is 37.8 Å². The number of aryl methyl sites for hydroxylation is 1. The fourth-order valence-corrected chi connectivity index (χ4v) is 3.97. The number of nitrogens with zero attached hydrogens (tertiary/aromatic N) is 1. The molecule has 196 valence electrons. The molecule has 0 saturated carbocycles. The molecule has 10 heteroatoms. The molecule has 1 heterocycles. The molecule has 2 atom stereocenters. The summed E-state index contributed by atoms with van der Waals surface area (Å²) < 4.78 is 0. The predicted octanol–water partition coefficient (Wildman–Crippen LogP) is 0.521. The number of pyridine rings is 1. The molecule has 0 spiro atoms. The second-order valence-corrected chi connectivity index (χ2v) is 8.82. The first-order chi connectivity index (χ1) is 17.9. The van der Waals surface area contributed by atoms with E-state index in [-0.39, 0.29) is 31.3 Å². The van der Waals surface area contributed by atoms with Crippen molar-refractivity contribution < 1.29 is 19.4 Å². The molecule has 1 aromatic heterocycles. The number of aromatic amines is 1. The molecule has 0 radical (unpaired) electrons. The first-order valence-corrected chi connectivity index (χ1v) is 12.4. The first kappa shape index (κ1) is 27.7. The number of H-pyrrole nitrogens is 1. The lowest BCUT2D eigenvalue weighted by Gasteiger charge is -2.22. The third-order valence-corrected chi connectivity index (χ3v) is 6.10. The number of carbonyl (C=O) groups excluding carboxylic acids is 3. The van der Waals surface area contributed by atoms with Gasteiger partial charge in [0.15, 0.2) is 6.20 Å². The van der Waals surface area contributed by atoms with Crippen LogP contribution in [0.5, 0.6) is 0 Å². The van der Waals surface area contributed by atoms with Crippen LogP contribution in [0, 0.1) is 0 Å². The molecule has 0 fully saturated rings. The Morgan fingerprint density at radius 1 is 0.946 bits per heavy atom. The van der Waals surface area contributed by atoms with E-state index in [4.69, 9.17) is 17.2 Å². The Hall–Kier alpha value is -3.86. The molecule has 3 aromatic rings. The summed E-state index contributed by atoms with van der Waals surface area (Å²) in [5, 5.41) is 6.61. The molecule has 0 aliphatic carbocycles. The van der Waals surface area contributed by atoms with Crippen LogP contribution in [-0.4, -0.2) is 54.5 Å². The van der Waals surface area contributed by atoms with Crippen LogP contribution in [0.25, 0.3) is 10.9 Å². The lowest BCUT2D eigenvalue weighted by molar-refractivity contribution is -0.343. The van der Waals surface area contributed by atoms with E-state index in [0.29, 0.717) is 31.6 Å². The number of rotatable bonds is 13. The van der Waals surface area contributed by atoms with Gasteiger partial charge in [0, 0.05) is 31.0 Å². The van der Waals surface area contributed by atoms with Gasteiger partial charge in [-0.05, 0) is 37.0 Å². The van der Waals surface area contributed by atoms with Gasteiger partial charge < -0.3 is 32.7 Å². The zero-order valence-corrected chi connectivity index (χ0v) is 20.9. The number of nitrogens with two attached hydrogens (primary N) is 3. The lowest BCUT2D eigenvalue weighted by Crippen LogP contribution is -2.50. The summed E-state index contributed by atoms with van der Waals surface area (Å²) in [5.41, 5.74) is 19.7. The number of hydrogen-bond acceptors (Lipinski definition) is 6. The van der Waals surface area contributed by atoms with Crippen molar-refractivity contribution in [3.63, 3.8) is 0 Å². The highest BCUT2D eigenvalue weighted by Crippen LogP contribution is 2.15. The largest absolute Gasteiger partial charge is 0.343 e. The number of carbonyl (C=O) groups is 3. The Kier molecular flexibility index (Phi) is 10.5. The molecular weight excluding hydrogens is 470 g/mol. The average molecular weight is 507 g/mol. The third kappa shape index (κ3) is 8.35. The van der Waals surface area contributed by atoms with E-state index in [2.05, 4.69) is 15.6 Å². The van der Waals surface area contributed by atoms with E-state index in [9.17, 15) is 14.4 Å². The van der Waals surface area contributed by atoms with Gasteiger partial charge in [-0.1, -0.05) is 42.5 Å². The maximum absolute atomic E-state index is 13.2. The summed E-state index contributed by atoms with van der Waals surface area (Å²) in [7, 11) is 0. The van der Waals surface area contributed by atoms with Crippen LogP contribution in [-0.2, 0) is 20.8 Å². The smallest absolute Gasteiger partial charge is 0.247 e. The number of benzene rings is 2. The van der Waals surface area contributed by atoms with Gasteiger partial charge in [-0.15, -0.1) is 0 Å². The molecule has 0 aliphatic rings. The van der Waals surface area contributed by atoms with Crippen LogP contribution in [0.1, 0.15) is 24.8 Å². The standard InChI is InChI=1S/C27H35N7O3/c28-14-15-34(18-29)25(35)13-11-22(30)26(36)33-24(12-10-19-6-2-1-3-7-19)27(37)32-21-16-20-8-4-5-9-23(20)31-17-21/h1-9,16-17,22,24H,10-15,18,28-30H2,(H,32,37)(H,33,36)/p+1/t22-,24+/m0/s1. The average Bonchev–Trinajstić information content (AvgIpc) is 2.92. The van der Waals surface area contributed by atoms with Gasteiger partial charge in [-0.25, -0.2) is 4.98 Å². The molecule has 10 nitrogen and oxygen atoms in total. The van der Waals surface area contributed by atoms with Gasteiger partial charge in [-0.3, -0.25) is 14.4 Å². The topological polar surface area (TPSA) is 171 Å². The van der Waals surface area contributed by atoms with E-state index >= 15 is 0 Å². The van der Waals surface area contributed by atoms with E-state index < -0.39 is 18.0 Å². The molecule has 0 bridgehead atoms. The Labute approximate surface area is 216 Å². The SMILES string of the molecule is NCCN(CN)C(=O)CC[C@H](N)C(=O)N[C@H](CCc1ccccc1)C(=O)Nc1c[nH+]c2ccccc2c1. The van der Waals surface area contributed by atoms with Gasteiger partial charge in [0.25, 0.3) is 0 Å². The maximum atomic E-state index is 13.2. The van der Waals surface area contributed by atoms with Crippen molar-refractivity contribution in [1.82, 2.24) is 10.2 Å². The summed E-state index contributed by atoms with van der Waals surface area (Å²) in [4.78, 5) is 43.0. The second-order valence-electron chi connectivity index (χ2n) is 8.82. The van der Waals surface area contributed by atoms with Crippen molar-refractivity contribution in [1.29, 1.82) is 0 Å². The zero-order chi connectivity index (χ0) is 26.6. The summed E-state index contributed by atoms with van der Waals surface area (Å²) in [6.07, 6.45) is 2.85. The number of nitrogens with one attached hydrogen (secondary N) is 3. The van der Waals surface area contributed by atoms with E-state index in [1.54, 1.807) is 6.20 Å². The lowest BCUT2D eigenvalue weighted by atomic mass is 10.0. The predicted molar refractivity (Wildman–Crippen MR) is 143 cm³/mol. The minimum atomic E-state index is -0.956. The minimum absolute atomic E-state index is 0.0470. The molecule has 3 amide bonds. The fourth-order valence-electron chi connectivity index (χ4n) is 3.97. The van der Waals surface area contributed by atoms with Gasteiger partial charge >= 0.3 is 0 Å². The van der Waals surface area contributed by atoms with Crippen LogP contribution >= 0.6 is 0 Å². The Morgan fingerprint density at radius 2 is 1.68 bits per heavy atom. The molecule has 2 aromatic carbocycles. The molecule has 37 heavy (non-hydrogen) atoms. The highest BCUT2D eigenvalue weighted by atomic mass is 16.2. The third-order valence-electron chi connectivity index (χ3n) is 6.10. The molecule has 3 rings (SSSR count). The summed E-state index contributed by atoms with van der Waals surface area (Å²) in [6, 6.07) is 17.5. The first-order valence-electron chi connectivity index (χ1n) is 12.4. The van der Waals surface area contributed by atoms with Crippen LogP contribution in [0.4, 0.5) is 5.69 Å². The molecular formula is C27H36N7O3+. The van der Waals surface area contributed by atoms with Crippen LogP contribution in [0.2, 0.25) is 0 Å². The molecule has 0 unspecified atom stereocenters. The summed E-state index contributed by atoms with van der Waals surface area (Å²) in [6.45, 7) is 0.679. The van der Waals surface area contributed by atoms with Crippen LogP contribution < -0.4 is 32.8 Å². The number of amides is 3. The van der Waals surface area contributed by atoms with Gasteiger partial charge in [0.05, 0.1) is 12.7 Å². The van der Waals surface area contributed by atoms with Crippen molar-refractivity contribution in [2.75, 3.05) is 25.1 Å². The monoisotopic (exact) mass is 506 g/mol. The van der Waals surface area contributed by atoms with E-state index in [1.165, 1.54) is 4.90 Å². The maximum Gasteiger partial charge on any atom is 0.247 e. The van der Waals surface area contributed by atoms with Gasteiger partial charge in [-0.2, -0.15) is 0 Å². The van der Waals surface area contributed by atoms with Crippen LogP contribution in [0.15, 0.2) is 66.9 Å². The zero-order valence-electron chi connectivity index (χ0n) is 20.9. The minimum Gasteiger partial charge on any atom is -0.343 e. The Balaban J connectivity index is 1.65. The van der Waals surface area contributed by atoms with Crippen LogP contribution in [0.3, 0.4) is 0 Å². The van der Waals surface area contributed by atoms with Crippen molar-refractivity contribution >= 4 is 34.3 Å². The van der Waals surface area contributed by atoms with E-state index in [1.807, 2.05) is 60.7 Å². The van der Waals surface area contributed by atoms with Crippen molar-refractivity contribution in [3.05, 3.63) is 72.4 Å². The number of para-hydroxylation sites is 1. The molecule has 0 saturated heterocycles. The summed E-state index contributed by atoms with van der Waals surface area (Å²) in [5.74, 6) is -1.07. The highest BCUT2D eigenvalue weighted by molar-refractivity contribution is 5.98. The Morgan fingerprint density at radius 3 is 2.41 bits per heavy atom.